The highest BCUT2D eigenvalue weighted by atomic mass is 15.0. The fraction of sp³-hybridized carbons (Fsp3) is 0. The minimum Gasteiger partial charge on any atom is -0.396 e. The summed E-state index contributed by atoms with van der Waals surface area (Å²) in [5.41, 5.74) is 7.38. The molecule has 2 heterocycles. The molecule has 2 aromatic rings. The molecule has 2 aromatic heterocycles. The largest absolute Gasteiger partial charge is 0.396 e. The van der Waals surface area contributed by atoms with Crippen molar-refractivity contribution < 1.29 is 0 Å². The molecule has 0 saturated carbocycles. The Morgan fingerprint density at radius 1 is 1.25 bits per heavy atom. The highest BCUT2D eigenvalue weighted by molar-refractivity contribution is 5.55. The second-order valence-electron chi connectivity index (χ2n) is 2.52. The van der Waals surface area contributed by atoms with Crippen LogP contribution < -0.4 is 5.73 Å². The van der Waals surface area contributed by atoms with Gasteiger partial charge in [0.25, 0.3) is 0 Å². The van der Waals surface area contributed by atoms with E-state index in [1.165, 1.54) is 0 Å². The molecule has 0 aliphatic rings. The van der Waals surface area contributed by atoms with Crippen LogP contribution in [0, 0.1) is 0 Å². The second-order valence-corrected chi connectivity index (χ2v) is 2.52. The Morgan fingerprint density at radius 3 is 2.67 bits per heavy atom. The van der Waals surface area contributed by atoms with Crippen molar-refractivity contribution in [1.29, 1.82) is 0 Å². The van der Waals surface area contributed by atoms with Gasteiger partial charge >= 0.3 is 0 Å². The molecular formula is C9H9N3. The molecule has 3 heteroatoms. The van der Waals surface area contributed by atoms with Gasteiger partial charge in [0.1, 0.15) is 0 Å². The SMILES string of the molecule is Nc1cnccc1-n1cccc1. The van der Waals surface area contributed by atoms with Gasteiger partial charge in [0.15, 0.2) is 0 Å². The van der Waals surface area contributed by atoms with Crippen LogP contribution in [0.1, 0.15) is 0 Å². The van der Waals surface area contributed by atoms with Crippen LogP contribution in [0.25, 0.3) is 5.69 Å². The van der Waals surface area contributed by atoms with E-state index in [-0.39, 0.29) is 0 Å². The van der Waals surface area contributed by atoms with Crippen LogP contribution in [0.3, 0.4) is 0 Å². The van der Waals surface area contributed by atoms with E-state index in [1.807, 2.05) is 35.2 Å². The van der Waals surface area contributed by atoms with Crippen LogP contribution in [0.4, 0.5) is 5.69 Å². The summed E-state index contributed by atoms with van der Waals surface area (Å²) in [4.78, 5) is 3.92. The Kier molecular flexibility index (Phi) is 1.55. The Labute approximate surface area is 70.5 Å². The molecule has 0 aliphatic carbocycles. The number of hydrogen-bond donors (Lipinski definition) is 1. The third kappa shape index (κ3) is 1.05. The third-order valence-electron chi connectivity index (χ3n) is 1.71. The van der Waals surface area contributed by atoms with E-state index in [0.29, 0.717) is 5.69 Å². The van der Waals surface area contributed by atoms with Gasteiger partial charge in [0.2, 0.25) is 0 Å². The van der Waals surface area contributed by atoms with Crippen molar-refractivity contribution in [3.8, 4) is 5.69 Å². The summed E-state index contributed by atoms with van der Waals surface area (Å²) in [5, 5.41) is 0. The van der Waals surface area contributed by atoms with E-state index in [4.69, 9.17) is 5.73 Å². The summed E-state index contributed by atoms with van der Waals surface area (Å²) in [6, 6.07) is 5.80. The smallest absolute Gasteiger partial charge is 0.0745 e. The monoisotopic (exact) mass is 159 g/mol. The van der Waals surface area contributed by atoms with Crippen LogP contribution in [-0.4, -0.2) is 9.55 Å². The molecule has 0 saturated heterocycles. The molecule has 0 amide bonds. The van der Waals surface area contributed by atoms with E-state index in [9.17, 15) is 0 Å². The van der Waals surface area contributed by atoms with Gasteiger partial charge in [-0.25, -0.2) is 0 Å². The molecule has 0 atom stereocenters. The first-order chi connectivity index (χ1) is 5.88. The quantitative estimate of drug-likeness (QED) is 0.684. The van der Waals surface area contributed by atoms with E-state index in [2.05, 4.69) is 4.98 Å². The number of aromatic nitrogens is 2. The lowest BCUT2D eigenvalue weighted by Gasteiger charge is -2.04. The third-order valence-corrected chi connectivity index (χ3v) is 1.71. The topological polar surface area (TPSA) is 43.8 Å². The zero-order valence-corrected chi connectivity index (χ0v) is 6.51. The molecule has 0 unspecified atom stereocenters. The normalized spacial score (nSPS) is 10.0. The minimum absolute atomic E-state index is 0.689. The number of nitrogens with two attached hydrogens (primary N) is 1. The Morgan fingerprint density at radius 2 is 2.00 bits per heavy atom. The van der Waals surface area contributed by atoms with Gasteiger partial charge in [-0.15, -0.1) is 0 Å². The first kappa shape index (κ1) is 6.91. The number of hydrogen-bond acceptors (Lipinski definition) is 2. The van der Waals surface area contributed by atoms with Crippen molar-refractivity contribution in [2.75, 3.05) is 5.73 Å². The van der Waals surface area contributed by atoms with Crippen LogP contribution in [-0.2, 0) is 0 Å². The minimum atomic E-state index is 0.689. The molecule has 2 N–H and O–H groups in total. The van der Waals surface area contributed by atoms with Gasteiger partial charge in [-0.1, -0.05) is 0 Å². The first-order valence-electron chi connectivity index (χ1n) is 3.71. The van der Waals surface area contributed by atoms with Crippen molar-refractivity contribution in [3.05, 3.63) is 43.0 Å². The van der Waals surface area contributed by atoms with Gasteiger partial charge in [0, 0.05) is 18.6 Å². The van der Waals surface area contributed by atoms with Crippen molar-refractivity contribution in [3.63, 3.8) is 0 Å². The van der Waals surface area contributed by atoms with E-state index >= 15 is 0 Å². The predicted octanol–water partition coefficient (Wildman–Crippen LogP) is 1.45. The molecule has 0 radical (unpaired) electrons. The van der Waals surface area contributed by atoms with Crippen LogP contribution in [0.5, 0.6) is 0 Å². The molecule has 0 fully saturated rings. The fourth-order valence-electron chi connectivity index (χ4n) is 1.13. The summed E-state index contributed by atoms with van der Waals surface area (Å²) in [6.07, 6.45) is 7.28. The summed E-state index contributed by atoms with van der Waals surface area (Å²) in [6.45, 7) is 0. The lowest BCUT2D eigenvalue weighted by molar-refractivity contribution is 1.07. The second kappa shape index (κ2) is 2.70. The molecule has 3 nitrogen and oxygen atoms in total. The molecule has 0 aliphatic heterocycles. The predicted molar refractivity (Wildman–Crippen MR) is 48.0 cm³/mol. The number of anilines is 1. The maximum absolute atomic E-state index is 5.73. The van der Waals surface area contributed by atoms with Crippen LogP contribution in [0.2, 0.25) is 0 Å². The highest BCUT2D eigenvalue weighted by Crippen LogP contribution is 2.14. The molecular weight excluding hydrogens is 150 g/mol. The summed E-state index contributed by atoms with van der Waals surface area (Å²) in [5.74, 6) is 0. The van der Waals surface area contributed by atoms with Crippen molar-refractivity contribution >= 4 is 5.69 Å². The first-order valence-corrected chi connectivity index (χ1v) is 3.71. The van der Waals surface area contributed by atoms with Gasteiger partial charge < -0.3 is 10.3 Å². The van der Waals surface area contributed by atoms with Gasteiger partial charge in [-0.3, -0.25) is 4.98 Å². The number of nitrogen functional groups attached to an aromatic ring is 1. The average Bonchev–Trinajstić information content (AvgIpc) is 2.57. The maximum Gasteiger partial charge on any atom is 0.0745 e. The van der Waals surface area contributed by atoms with Crippen LogP contribution in [0.15, 0.2) is 43.0 Å². The fourth-order valence-corrected chi connectivity index (χ4v) is 1.13. The lowest BCUT2D eigenvalue weighted by Crippen LogP contribution is -1.97. The molecule has 60 valence electrons. The van der Waals surface area contributed by atoms with Crippen molar-refractivity contribution in [1.82, 2.24) is 9.55 Å². The van der Waals surface area contributed by atoms with Gasteiger partial charge in [0.05, 0.1) is 17.6 Å². The molecule has 2 rings (SSSR count). The number of nitrogens with zero attached hydrogens (tertiary/aromatic N) is 2. The Balaban J connectivity index is 2.55. The average molecular weight is 159 g/mol. The lowest BCUT2D eigenvalue weighted by atomic mass is 10.3. The summed E-state index contributed by atoms with van der Waals surface area (Å²) >= 11 is 0. The zero-order valence-electron chi connectivity index (χ0n) is 6.51. The van der Waals surface area contributed by atoms with E-state index in [1.54, 1.807) is 12.4 Å². The molecule has 0 aromatic carbocycles. The summed E-state index contributed by atoms with van der Waals surface area (Å²) < 4.78 is 1.96. The van der Waals surface area contributed by atoms with Gasteiger partial charge in [-0.2, -0.15) is 0 Å². The molecule has 0 spiro atoms. The zero-order chi connectivity index (χ0) is 8.39. The van der Waals surface area contributed by atoms with E-state index < -0.39 is 0 Å². The Bertz CT molecular complexity index is 365. The maximum atomic E-state index is 5.73. The number of pyridine rings is 1. The Hall–Kier alpha value is -1.77. The molecule has 0 bridgehead atoms. The molecule has 12 heavy (non-hydrogen) atoms. The summed E-state index contributed by atoms with van der Waals surface area (Å²) in [7, 11) is 0. The van der Waals surface area contributed by atoms with E-state index in [0.717, 1.165) is 5.69 Å². The van der Waals surface area contributed by atoms with Crippen LogP contribution >= 0.6 is 0 Å². The van der Waals surface area contributed by atoms with Crippen molar-refractivity contribution in [2.45, 2.75) is 0 Å². The van der Waals surface area contributed by atoms with Crippen molar-refractivity contribution in [2.24, 2.45) is 0 Å². The highest BCUT2D eigenvalue weighted by Gasteiger charge is 1.97. The van der Waals surface area contributed by atoms with Gasteiger partial charge in [-0.05, 0) is 18.2 Å². The standard InChI is InChI=1S/C9H9N3/c10-8-7-11-4-3-9(8)12-5-1-2-6-12/h1-7H,10H2. The number of rotatable bonds is 1.